The van der Waals surface area contributed by atoms with E-state index in [1.165, 1.54) is 19.2 Å². The molecule has 8 heteroatoms. The van der Waals surface area contributed by atoms with Crippen molar-refractivity contribution in [2.24, 2.45) is 0 Å². The maximum Gasteiger partial charge on any atom is 0.306 e. The van der Waals surface area contributed by atoms with E-state index in [4.69, 9.17) is 9.47 Å². The van der Waals surface area contributed by atoms with Gasteiger partial charge in [0, 0.05) is 13.0 Å². The number of hydrogen-bond acceptors (Lipinski definition) is 4. The van der Waals surface area contributed by atoms with Crippen LogP contribution in [0.5, 0.6) is 5.75 Å². The SMILES string of the molecule is CCOC(=O)CCc1ccc(OC)c(C(=O)NCc2ccc(F)cc2)c1.FCF. The van der Waals surface area contributed by atoms with Crippen LogP contribution in [0, 0.1) is 5.82 Å². The average Bonchev–Trinajstić information content (AvgIpc) is 2.72. The first kappa shape index (κ1) is 24.0. The monoisotopic (exact) mass is 411 g/mol. The minimum Gasteiger partial charge on any atom is -0.496 e. The van der Waals surface area contributed by atoms with E-state index in [9.17, 15) is 22.8 Å². The fraction of sp³-hybridized carbons (Fsp3) is 0.333. The molecule has 2 rings (SSSR count). The summed E-state index contributed by atoms with van der Waals surface area (Å²) < 4.78 is 42.3. The lowest BCUT2D eigenvalue weighted by Gasteiger charge is -2.11. The Hall–Kier alpha value is -3.03. The van der Waals surface area contributed by atoms with E-state index in [0.29, 0.717) is 24.3 Å². The number of ether oxygens (including phenoxy) is 2. The zero-order valence-corrected chi connectivity index (χ0v) is 16.3. The number of carbonyl (C=O) groups is 2. The summed E-state index contributed by atoms with van der Waals surface area (Å²) >= 11 is 0. The molecule has 1 amide bonds. The Morgan fingerprint density at radius 2 is 1.66 bits per heavy atom. The maximum absolute atomic E-state index is 12.9. The van der Waals surface area contributed by atoms with E-state index in [-0.39, 0.29) is 30.7 Å². The second-order valence-corrected chi connectivity index (χ2v) is 5.75. The Balaban J connectivity index is 0.00000132. The van der Waals surface area contributed by atoms with E-state index in [0.717, 1.165) is 11.1 Å². The molecule has 0 bridgehead atoms. The van der Waals surface area contributed by atoms with E-state index >= 15 is 0 Å². The van der Waals surface area contributed by atoms with Gasteiger partial charge in [-0.3, -0.25) is 9.59 Å². The molecule has 29 heavy (non-hydrogen) atoms. The molecule has 0 aromatic heterocycles. The van der Waals surface area contributed by atoms with E-state index < -0.39 is 6.93 Å². The number of hydrogen-bond donors (Lipinski definition) is 1. The van der Waals surface area contributed by atoms with E-state index in [2.05, 4.69) is 5.32 Å². The van der Waals surface area contributed by atoms with Gasteiger partial charge in [0.2, 0.25) is 6.93 Å². The van der Waals surface area contributed by atoms with Crippen LogP contribution in [0.3, 0.4) is 0 Å². The van der Waals surface area contributed by atoms with Crippen molar-refractivity contribution in [1.29, 1.82) is 0 Å². The van der Waals surface area contributed by atoms with Gasteiger partial charge in [-0.05, 0) is 48.7 Å². The maximum atomic E-state index is 12.9. The molecule has 0 radical (unpaired) electrons. The van der Waals surface area contributed by atoms with Crippen molar-refractivity contribution in [3.05, 3.63) is 65.0 Å². The van der Waals surface area contributed by atoms with E-state index in [1.54, 1.807) is 31.2 Å². The van der Waals surface area contributed by atoms with Crippen molar-refractivity contribution in [3.8, 4) is 5.75 Å². The standard InChI is InChI=1S/C20H22FNO4.CH2F2/c1-3-26-19(23)11-7-14-6-10-18(25-2)17(12-14)20(24)22-13-15-4-8-16(21)9-5-15;2-1-3/h4-6,8-10,12H,3,7,11,13H2,1-2H3,(H,22,24);1H2. The summed E-state index contributed by atoms with van der Waals surface area (Å²) in [6.45, 7) is 0.628. The Labute approximate surface area is 167 Å². The van der Waals surface area contributed by atoms with Crippen LogP contribution < -0.4 is 10.1 Å². The molecule has 2 aromatic carbocycles. The van der Waals surface area contributed by atoms with Gasteiger partial charge < -0.3 is 14.8 Å². The quantitative estimate of drug-likeness (QED) is 0.663. The number of benzene rings is 2. The van der Waals surface area contributed by atoms with Crippen LogP contribution in [-0.4, -0.2) is 32.5 Å². The first-order chi connectivity index (χ1) is 13.9. The van der Waals surface area contributed by atoms with Gasteiger partial charge in [0.25, 0.3) is 5.91 Å². The van der Waals surface area contributed by atoms with Crippen LogP contribution in [0.15, 0.2) is 42.5 Å². The van der Waals surface area contributed by atoms with Crippen LogP contribution in [0.2, 0.25) is 0 Å². The van der Waals surface area contributed by atoms with E-state index in [1.807, 2.05) is 6.07 Å². The molecule has 1 N–H and O–H groups in total. The normalized spacial score (nSPS) is 9.83. The van der Waals surface area contributed by atoms with Gasteiger partial charge in [0.05, 0.1) is 19.3 Å². The molecule has 0 aliphatic carbocycles. The highest BCUT2D eigenvalue weighted by molar-refractivity contribution is 5.97. The molecule has 0 heterocycles. The third kappa shape index (κ3) is 8.68. The third-order valence-electron chi connectivity index (χ3n) is 3.80. The van der Waals surface area contributed by atoms with Gasteiger partial charge in [-0.2, -0.15) is 0 Å². The highest BCUT2D eigenvalue weighted by atomic mass is 19.3. The number of methoxy groups -OCH3 is 1. The van der Waals surface area contributed by atoms with Crippen molar-refractivity contribution in [2.45, 2.75) is 26.3 Å². The van der Waals surface area contributed by atoms with Gasteiger partial charge in [-0.1, -0.05) is 18.2 Å². The topological polar surface area (TPSA) is 64.6 Å². The summed E-state index contributed by atoms with van der Waals surface area (Å²) in [5, 5.41) is 2.79. The van der Waals surface area contributed by atoms with Gasteiger partial charge >= 0.3 is 5.97 Å². The molecule has 0 aliphatic heterocycles. The fourth-order valence-corrected chi connectivity index (χ4v) is 2.45. The lowest BCUT2D eigenvalue weighted by atomic mass is 10.0. The number of rotatable bonds is 8. The summed E-state index contributed by atoms with van der Waals surface area (Å²) in [6, 6.07) is 11.1. The Morgan fingerprint density at radius 1 is 1.03 bits per heavy atom. The van der Waals surface area contributed by atoms with Crippen molar-refractivity contribution in [1.82, 2.24) is 5.32 Å². The van der Waals surface area contributed by atoms with Crippen molar-refractivity contribution in [3.63, 3.8) is 0 Å². The molecular formula is C21H24F3NO4. The third-order valence-corrected chi connectivity index (χ3v) is 3.80. The Kier molecular flexibility index (Phi) is 10.9. The molecule has 0 fully saturated rings. The number of nitrogens with one attached hydrogen (secondary N) is 1. The molecule has 5 nitrogen and oxygen atoms in total. The lowest BCUT2D eigenvalue weighted by Crippen LogP contribution is -2.23. The van der Waals surface area contributed by atoms with Crippen LogP contribution in [-0.2, 0) is 22.5 Å². The summed E-state index contributed by atoms with van der Waals surface area (Å²) in [7, 11) is 1.49. The number of aryl methyl sites for hydroxylation is 1. The van der Waals surface area contributed by atoms with Gasteiger partial charge in [0.15, 0.2) is 0 Å². The highest BCUT2D eigenvalue weighted by Crippen LogP contribution is 2.21. The lowest BCUT2D eigenvalue weighted by molar-refractivity contribution is -0.143. The number of amides is 1. The zero-order valence-electron chi connectivity index (χ0n) is 16.3. The fourth-order valence-electron chi connectivity index (χ4n) is 2.45. The average molecular weight is 411 g/mol. The molecule has 0 spiro atoms. The number of esters is 1. The minimum atomic E-state index is -1.75. The van der Waals surface area contributed by atoms with Crippen molar-refractivity contribution >= 4 is 11.9 Å². The highest BCUT2D eigenvalue weighted by Gasteiger charge is 2.14. The Bertz CT molecular complexity index is 782. The van der Waals surface area contributed by atoms with Gasteiger partial charge in [-0.25, -0.2) is 13.2 Å². The molecule has 0 aliphatic rings. The summed E-state index contributed by atoms with van der Waals surface area (Å²) in [4.78, 5) is 24.0. The molecular weight excluding hydrogens is 387 g/mol. The van der Waals surface area contributed by atoms with Crippen LogP contribution >= 0.6 is 0 Å². The second kappa shape index (κ2) is 13.2. The van der Waals surface area contributed by atoms with Gasteiger partial charge in [0.1, 0.15) is 11.6 Å². The van der Waals surface area contributed by atoms with Gasteiger partial charge in [-0.15, -0.1) is 0 Å². The summed E-state index contributed by atoms with van der Waals surface area (Å²) in [6.07, 6.45) is 0.720. The summed E-state index contributed by atoms with van der Waals surface area (Å²) in [5.74, 6) is -0.452. The largest absolute Gasteiger partial charge is 0.496 e. The molecule has 0 saturated heterocycles. The van der Waals surface area contributed by atoms with Crippen LogP contribution in [0.1, 0.15) is 34.8 Å². The van der Waals surface area contributed by atoms with Crippen LogP contribution in [0.25, 0.3) is 0 Å². The molecule has 2 aromatic rings. The number of carbonyl (C=O) groups excluding carboxylic acids is 2. The van der Waals surface area contributed by atoms with Crippen molar-refractivity contribution < 1.29 is 32.2 Å². The summed E-state index contributed by atoms with van der Waals surface area (Å²) in [5.41, 5.74) is 2.01. The Morgan fingerprint density at radius 3 is 2.24 bits per heavy atom. The molecule has 0 atom stereocenters. The molecule has 0 unspecified atom stereocenters. The number of halogens is 3. The number of alkyl halides is 2. The van der Waals surface area contributed by atoms with Crippen LogP contribution in [0.4, 0.5) is 13.2 Å². The first-order valence-corrected chi connectivity index (χ1v) is 8.92. The predicted molar refractivity (Wildman–Crippen MR) is 103 cm³/mol. The molecule has 0 saturated carbocycles. The zero-order chi connectivity index (χ0) is 21.6. The predicted octanol–water partition coefficient (Wildman–Crippen LogP) is 4.14. The second-order valence-electron chi connectivity index (χ2n) is 5.75. The molecule has 158 valence electrons. The van der Waals surface area contributed by atoms with Crippen molar-refractivity contribution in [2.75, 3.05) is 20.6 Å². The minimum absolute atomic E-state index is 0.247. The smallest absolute Gasteiger partial charge is 0.306 e. The first-order valence-electron chi connectivity index (χ1n) is 8.92.